The first-order valence-corrected chi connectivity index (χ1v) is 19.3. The molecule has 2 aromatic carbocycles. The molecule has 55 heavy (non-hydrogen) atoms. The van der Waals surface area contributed by atoms with Crippen molar-refractivity contribution in [1.82, 2.24) is 25.1 Å². The number of likely N-dealkylation sites (N-methyl/N-ethyl adjacent to an activating group) is 1. The Kier molecular flexibility index (Phi) is 11.0. The van der Waals surface area contributed by atoms with Gasteiger partial charge in [0.15, 0.2) is 5.82 Å². The molecule has 1 aliphatic heterocycles. The smallest absolute Gasteiger partial charge is 0.278 e. The zero-order valence-electron chi connectivity index (χ0n) is 29.9. The summed E-state index contributed by atoms with van der Waals surface area (Å²) >= 11 is 6.57. The maximum atomic E-state index is 15.2. The number of fused-ring (bicyclic) bond motifs is 2. The molecule has 12 nitrogen and oxygen atoms in total. The number of carbonyl (C=O) groups excluding carboxylic acids is 1. The van der Waals surface area contributed by atoms with E-state index in [1.165, 1.54) is 24.7 Å². The van der Waals surface area contributed by atoms with Crippen LogP contribution in [-0.4, -0.2) is 96.3 Å². The number of nitrogens with one attached hydrogen (secondary N) is 2. The van der Waals surface area contributed by atoms with Gasteiger partial charge in [-0.25, -0.2) is 39.7 Å². The number of hydrogen-bond acceptors (Lipinski definition) is 9. The Morgan fingerprint density at radius 3 is 2.44 bits per heavy atom. The standard InChI is InChI=1S/C35H37ClF6N8O4S/c1-17-15-35(41,42)32-27(17)30(33(39)40)45-50(32)16-26(52)43-24(13-18-11-19(37)14-20(38)12-18)29-21(6-8-25(44-29)48(2)9-10-51)22-5-7-23(36)28-31(22)49(3)46-34(28)47-55(4,53)54/h5-8,11-12,14,17,24,27,32-33,51H,9-10,13,15-16H2,1-4H3,(H,43,52)(H,46,47)/t17-,24-,27?,32?/m0/s1. The summed E-state index contributed by atoms with van der Waals surface area (Å²) in [6, 6.07) is 6.01. The molecule has 2 aliphatic rings. The Labute approximate surface area is 317 Å². The summed E-state index contributed by atoms with van der Waals surface area (Å²) in [6.07, 6.45) is -3.17. The van der Waals surface area contributed by atoms with E-state index in [4.69, 9.17) is 16.6 Å². The molecular weight excluding hydrogens is 778 g/mol. The molecule has 1 aliphatic carbocycles. The van der Waals surface area contributed by atoms with Gasteiger partial charge in [0.2, 0.25) is 15.9 Å². The first kappa shape index (κ1) is 40.1. The van der Waals surface area contributed by atoms with E-state index < -0.39 is 82.5 Å². The van der Waals surface area contributed by atoms with Gasteiger partial charge in [-0.1, -0.05) is 24.6 Å². The minimum absolute atomic E-state index is 0.0708. The zero-order valence-corrected chi connectivity index (χ0v) is 31.4. The topological polar surface area (TPSA) is 145 Å². The van der Waals surface area contributed by atoms with Gasteiger partial charge in [0, 0.05) is 50.2 Å². The van der Waals surface area contributed by atoms with Gasteiger partial charge in [-0.2, -0.15) is 10.2 Å². The largest absolute Gasteiger partial charge is 0.395 e. The van der Waals surface area contributed by atoms with E-state index >= 15 is 8.78 Å². The van der Waals surface area contributed by atoms with E-state index in [9.17, 15) is 35.9 Å². The van der Waals surface area contributed by atoms with Crippen LogP contribution in [0, 0.1) is 23.5 Å². The number of benzene rings is 2. The Balaban J connectivity index is 1.49. The molecule has 296 valence electrons. The molecule has 0 bridgehead atoms. The van der Waals surface area contributed by atoms with Crippen molar-refractivity contribution < 1.29 is 44.7 Å². The van der Waals surface area contributed by atoms with Crippen molar-refractivity contribution in [3.63, 3.8) is 0 Å². The lowest BCUT2D eigenvalue weighted by Crippen LogP contribution is -2.47. The molecule has 1 fully saturated rings. The number of anilines is 2. The molecule has 4 aromatic rings. The van der Waals surface area contributed by atoms with Crippen LogP contribution in [0.25, 0.3) is 22.0 Å². The summed E-state index contributed by atoms with van der Waals surface area (Å²) in [7, 11) is -0.642. The predicted octanol–water partition coefficient (Wildman–Crippen LogP) is 5.36. The average Bonchev–Trinajstić information content (AvgIpc) is 3.69. The van der Waals surface area contributed by atoms with Gasteiger partial charge in [-0.3, -0.25) is 19.2 Å². The second-order valence-corrected chi connectivity index (χ2v) is 16.0. The minimum atomic E-state index is -3.81. The summed E-state index contributed by atoms with van der Waals surface area (Å²) in [4.78, 5) is 20.3. The van der Waals surface area contributed by atoms with Crippen molar-refractivity contribution in [2.45, 2.75) is 44.2 Å². The van der Waals surface area contributed by atoms with Crippen LogP contribution < -0.4 is 14.9 Å². The molecule has 20 heteroatoms. The van der Waals surface area contributed by atoms with Crippen LogP contribution >= 0.6 is 11.6 Å². The third-order valence-electron chi connectivity index (χ3n) is 9.69. The lowest BCUT2D eigenvalue weighted by Gasteiger charge is -2.29. The van der Waals surface area contributed by atoms with Crippen LogP contribution in [0.3, 0.4) is 0 Å². The Morgan fingerprint density at radius 2 is 1.80 bits per heavy atom. The number of aliphatic hydroxyl groups is 1. The number of amides is 1. The van der Waals surface area contributed by atoms with E-state index in [-0.39, 0.29) is 47.1 Å². The number of alkyl halides is 4. The molecule has 0 saturated heterocycles. The fraction of sp³-hybridized carbons (Fsp3) is 0.429. The van der Waals surface area contributed by atoms with Gasteiger partial charge < -0.3 is 15.3 Å². The number of aromatic nitrogens is 3. The fourth-order valence-corrected chi connectivity index (χ4v) is 8.29. The van der Waals surface area contributed by atoms with Crippen molar-refractivity contribution in [2.75, 3.05) is 42.6 Å². The molecular formula is C35H37ClF6N8O4S. The van der Waals surface area contributed by atoms with E-state index in [0.29, 0.717) is 33.5 Å². The van der Waals surface area contributed by atoms with Crippen LogP contribution in [0.5, 0.6) is 0 Å². The summed E-state index contributed by atoms with van der Waals surface area (Å²) in [5, 5.41) is 21.5. The molecule has 0 spiro atoms. The number of aliphatic hydroxyl groups excluding tert-OH is 1. The normalized spacial score (nSPS) is 19.8. The predicted molar refractivity (Wildman–Crippen MR) is 195 cm³/mol. The molecule has 2 aromatic heterocycles. The quantitative estimate of drug-likeness (QED) is 0.153. The van der Waals surface area contributed by atoms with Gasteiger partial charge in [0.05, 0.1) is 40.5 Å². The van der Waals surface area contributed by atoms with Crippen LogP contribution in [0.2, 0.25) is 5.02 Å². The first-order valence-electron chi connectivity index (χ1n) is 17.0. The summed E-state index contributed by atoms with van der Waals surface area (Å²) < 4.78 is 116. The Morgan fingerprint density at radius 1 is 1.13 bits per heavy atom. The molecule has 3 N–H and O–H groups in total. The van der Waals surface area contributed by atoms with Crippen LogP contribution in [0.4, 0.5) is 38.0 Å². The molecule has 4 atom stereocenters. The second-order valence-electron chi connectivity index (χ2n) is 13.9. The summed E-state index contributed by atoms with van der Waals surface area (Å²) in [6.45, 7) is 0.433. The molecule has 0 radical (unpaired) electrons. The third-order valence-corrected chi connectivity index (χ3v) is 10.6. The number of halogens is 7. The number of nitrogens with zero attached hydrogens (tertiary/aromatic N) is 6. The van der Waals surface area contributed by atoms with Gasteiger partial charge >= 0.3 is 0 Å². The maximum absolute atomic E-state index is 15.2. The monoisotopic (exact) mass is 814 g/mol. The van der Waals surface area contributed by atoms with Gasteiger partial charge in [0.25, 0.3) is 12.3 Å². The SMILES string of the molecule is C[C@H]1CC(F)(F)C2C1C(C(F)F)=NN2CC(=O)N[C@@H](Cc1cc(F)cc(F)c1)c1nc(N(C)CCO)ccc1-c1ccc(Cl)c2c(NS(C)(=O)=O)nn(C)c12. The fourth-order valence-electron chi connectivity index (χ4n) is 7.55. The summed E-state index contributed by atoms with van der Waals surface area (Å²) in [5.41, 5.74) is 0.460. The van der Waals surface area contributed by atoms with E-state index in [1.54, 1.807) is 30.1 Å². The number of carbonyl (C=O) groups is 1. The van der Waals surface area contributed by atoms with Crippen molar-refractivity contribution in [2.24, 2.45) is 24.0 Å². The number of hydrogen-bond donors (Lipinski definition) is 3. The summed E-state index contributed by atoms with van der Waals surface area (Å²) in [5.74, 6) is -8.10. The van der Waals surface area contributed by atoms with Crippen molar-refractivity contribution in [1.29, 1.82) is 0 Å². The van der Waals surface area contributed by atoms with Crippen molar-refractivity contribution >= 4 is 55.8 Å². The second kappa shape index (κ2) is 15.1. The van der Waals surface area contributed by atoms with Gasteiger partial charge in [0.1, 0.15) is 35.8 Å². The Hall–Kier alpha value is -4.62. The number of pyridine rings is 1. The third kappa shape index (κ3) is 8.18. The highest BCUT2D eigenvalue weighted by Crippen LogP contribution is 2.50. The van der Waals surface area contributed by atoms with E-state index in [2.05, 4.69) is 20.2 Å². The van der Waals surface area contributed by atoms with Gasteiger partial charge in [-0.15, -0.1) is 0 Å². The van der Waals surface area contributed by atoms with Gasteiger partial charge in [-0.05, 0) is 48.2 Å². The van der Waals surface area contributed by atoms with Crippen LogP contribution in [0.1, 0.15) is 30.6 Å². The van der Waals surface area contributed by atoms with E-state index in [1.807, 2.05) is 0 Å². The minimum Gasteiger partial charge on any atom is -0.395 e. The van der Waals surface area contributed by atoms with Crippen LogP contribution in [0.15, 0.2) is 47.6 Å². The van der Waals surface area contributed by atoms with E-state index in [0.717, 1.165) is 18.4 Å². The van der Waals surface area contributed by atoms with Crippen LogP contribution in [-0.2, 0) is 28.3 Å². The highest BCUT2D eigenvalue weighted by Gasteiger charge is 2.62. The van der Waals surface area contributed by atoms with Crippen molar-refractivity contribution in [3.05, 3.63) is 70.4 Å². The highest BCUT2D eigenvalue weighted by molar-refractivity contribution is 7.92. The number of hydrazone groups is 1. The maximum Gasteiger partial charge on any atom is 0.278 e. The average molecular weight is 815 g/mol. The number of sulfonamides is 1. The number of aryl methyl sites for hydroxylation is 1. The van der Waals surface area contributed by atoms with Crippen molar-refractivity contribution in [3.8, 4) is 11.1 Å². The Bertz CT molecular complexity index is 2260. The molecule has 1 saturated carbocycles. The lowest BCUT2D eigenvalue weighted by atomic mass is 9.91. The molecule has 3 heterocycles. The highest BCUT2D eigenvalue weighted by atomic mass is 35.5. The molecule has 6 rings (SSSR count). The lowest BCUT2D eigenvalue weighted by molar-refractivity contribution is -0.126. The zero-order chi connectivity index (χ0) is 40.1. The molecule has 1 amide bonds. The number of rotatable bonds is 13. The molecule has 2 unspecified atom stereocenters. The first-order chi connectivity index (χ1) is 25.8.